The molecule has 0 radical (unpaired) electrons. The Balaban J connectivity index is 1.41. The summed E-state index contributed by atoms with van der Waals surface area (Å²) >= 11 is 0. The number of carbonyl (C=O) groups is 1. The van der Waals surface area contributed by atoms with Gasteiger partial charge in [-0.3, -0.25) is 9.69 Å². The van der Waals surface area contributed by atoms with E-state index in [0.29, 0.717) is 35.4 Å². The highest BCUT2D eigenvalue weighted by molar-refractivity contribution is 5.82. The summed E-state index contributed by atoms with van der Waals surface area (Å²) in [6.45, 7) is 2.07. The molecule has 3 heterocycles. The number of piperidine rings is 1. The van der Waals surface area contributed by atoms with Gasteiger partial charge in [-0.2, -0.15) is 18.2 Å². The van der Waals surface area contributed by atoms with E-state index in [1.54, 1.807) is 41.8 Å². The van der Waals surface area contributed by atoms with Gasteiger partial charge in [0.2, 0.25) is 11.9 Å². The van der Waals surface area contributed by atoms with E-state index < -0.39 is 11.7 Å². The minimum Gasteiger partial charge on any atom is -0.496 e. The van der Waals surface area contributed by atoms with Crippen LogP contribution in [-0.2, 0) is 11.0 Å². The number of hydrogen-bond acceptors (Lipinski definition) is 6. The summed E-state index contributed by atoms with van der Waals surface area (Å²) in [6, 6.07) is 14.8. The number of likely N-dealkylation sites (N-methyl/N-ethyl adjacent to an activating group) is 1. The van der Waals surface area contributed by atoms with Gasteiger partial charge in [-0.25, -0.2) is 4.52 Å². The van der Waals surface area contributed by atoms with Gasteiger partial charge in [0.05, 0.1) is 19.2 Å². The van der Waals surface area contributed by atoms with Crippen LogP contribution in [0.25, 0.3) is 16.8 Å². The third kappa shape index (κ3) is 5.74. The van der Waals surface area contributed by atoms with Gasteiger partial charge in [-0.1, -0.05) is 18.2 Å². The molecule has 2 aromatic heterocycles. The first-order valence-corrected chi connectivity index (χ1v) is 13.0. The van der Waals surface area contributed by atoms with Crippen molar-refractivity contribution in [3.05, 3.63) is 71.9 Å². The van der Waals surface area contributed by atoms with Crippen LogP contribution in [0.3, 0.4) is 0 Å². The molecule has 0 unspecified atom stereocenters. The number of nitrogens with zero attached hydrogens (tertiary/aromatic N) is 5. The highest BCUT2D eigenvalue weighted by atomic mass is 19.4. The van der Waals surface area contributed by atoms with E-state index in [1.165, 1.54) is 13.2 Å². The molecule has 8 nitrogen and oxygen atoms in total. The summed E-state index contributed by atoms with van der Waals surface area (Å²) in [6.07, 6.45) is -0.961. The first-order valence-electron chi connectivity index (χ1n) is 13.0. The number of para-hydroxylation sites is 1. The van der Waals surface area contributed by atoms with Crippen molar-refractivity contribution in [3.8, 4) is 16.9 Å². The topological polar surface area (TPSA) is 75.0 Å². The Hall–Kier alpha value is -4.12. The Morgan fingerprint density at radius 1 is 1.07 bits per heavy atom. The fourth-order valence-electron chi connectivity index (χ4n) is 5.09. The molecule has 2 aromatic carbocycles. The highest BCUT2D eigenvalue weighted by Gasteiger charge is 2.32. The number of halogens is 3. The molecule has 1 aliphatic rings. The van der Waals surface area contributed by atoms with Crippen molar-refractivity contribution >= 4 is 23.2 Å². The van der Waals surface area contributed by atoms with E-state index in [-0.39, 0.29) is 11.5 Å². The zero-order valence-electron chi connectivity index (χ0n) is 22.6. The van der Waals surface area contributed by atoms with E-state index in [9.17, 15) is 18.0 Å². The van der Waals surface area contributed by atoms with Crippen molar-refractivity contribution in [2.75, 3.05) is 46.2 Å². The number of nitrogens with one attached hydrogen (secondary N) is 1. The van der Waals surface area contributed by atoms with Crippen LogP contribution < -0.4 is 10.1 Å². The summed E-state index contributed by atoms with van der Waals surface area (Å²) in [5.74, 6) is 1.04. The van der Waals surface area contributed by atoms with Gasteiger partial charge in [0.25, 0.3) is 0 Å². The standard InChI is InChI=1S/C29H31F3N6O2/c1-36(2)26(39)18-37-15-12-19(13-16-37)21-7-4-5-9-24(21)33-28-34-27-22(8-6-14-38(27)35-28)23-17-20(29(30,31)32)10-11-25(23)40-3/h4-11,14,17,19H,12-13,15-16,18H2,1-3H3,(H,33,35). The molecule has 1 amide bonds. The quantitative estimate of drug-likeness (QED) is 0.329. The molecular weight excluding hydrogens is 521 g/mol. The van der Waals surface area contributed by atoms with E-state index in [0.717, 1.165) is 49.3 Å². The summed E-state index contributed by atoms with van der Waals surface area (Å²) < 4.78 is 47.3. The van der Waals surface area contributed by atoms with E-state index >= 15 is 0 Å². The number of alkyl halides is 3. The molecule has 0 spiro atoms. The van der Waals surface area contributed by atoms with Crippen LogP contribution in [0.15, 0.2) is 60.8 Å². The lowest BCUT2D eigenvalue weighted by Crippen LogP contribution is -2.40. The molecular formula is C29H31F3N6O2. The lowest BCUT2D eigenvalue weighted by atomic mass is 9.88. The second-order valence-electron chi connectivity index (χ2n) is 10.1. The van der Waals surface area contributed by atoms with Crippen molar-refractivity contribution in [2.45, 2.75) is 24.9 Å². The van der Waals surface area contributed by atoms with Crippen molar-refractivity contribution in [3.63, 3.8) is 0 Å². The van der Waals surface area contributed by atoms with Crippen LogP contribution in [-0.4, -0.2) is 71.1 Å². The fraction of sp³-hybridized carbons (Fsp3) is 0.345. The summed E-state index contributed by atoms with van der Waals surface area (Å²) in [5.41, 5.74) is 2.40. The number of pyridine rings is 1. The second kappa shape index (κ2) is 11.2. The number of fused-ring (bicyclic) bond motifs is 1. The largest absolute Gasteiger partial charge is 0.496 e. The lowest BCUT2D eigenvalue weighted by Gasteiger charge is -2.33. The molecule has 0 bridgehead atoms. The molecule has 1 aliphatic heterocycles. The number of benzene rings is 2. The molecule has 0 saturated carbocycles. The predicted molar refractivity (Wildman–Crippen MR) is 147 cm³/mol. The summed E-state index contributed by atoms with van der Waals surface area (Å²) in [4.78, 5) is 20.6. The summed E-state index contributed by atoms with van der Waals surface area (Å²) in [7, 11) is 4.96. The molecule has 1 N–H and O–H groups in total. The smallest absolute Gasteiger partial charge is 0.416 e. The van der Waals surface area contributed by atoms with Gasteiger partial charge in [-0.05, 0) is 73.8 Å². The normalized spacial score (nSPS) is 14.8. The monoisotopic (exact) mass is 552 g/mol. The van der Waals surface area contributed by atoms with Crippen LogP contribution in [0.4, 0.5) is 24.8 Å². The third-order valence-corrected chi connectivity index (χ3v) is 7.27. The molecule has 1 saturated heterocycles. The first-order chi connectivity index (χ1) is 19.1. The zero-order chi connectivity index (χ0) is 28.4. The van der Waals surface area contributed by atoms with Crippen molar-refractivity contribution in [2.24, 2.45) is 0 Å². The number of aromatic nitrogens is 3. The molecule has 210 valence electrons. The molecule has 5 rings (SSSR count). The summed E-state index contributed by atoms with van der Waals surface area (Å²) in [5, 5.41) is 7.88. The number of methoxy groups -OCH3 is 1. The third-order valence-electron chi connectivity index (χ3n) is 7.27. The highest BCUT2D eigenvalue weighted by Crippen LogP contribution is 2.39. The van der Waals surface area contributed by atoms with E-state index in [4.69, 9.17) is 4.74 Å². The van der Waals surface area contributed by atoms with Crippen molar-refractivity contribution < 1.29 is 22.7 Å². The maximum Gasteiger partial charge on any atom is 0.416 e. The zero-order valence-corrected chi connectivity index (χ0v) is 22.6. The molecule has 1 fully saturated rings. The maximum atomic E-state index is 13.5. The number of ether oxygens (including phenoxy) is 1. The van der Waals surface area contributed by atoms with Crippen LogP contribution >= 0.6 is 0 Å². The average Bonchev–Trinajstić information content (AvgIpc) is 3.35. The van der Waals surface area contributed by atoms with Crippen LogP contribution in [0, 0.1) is 0 Å². The molecule has 0 aliphatic carbocycles. The Labute approximate surface area is 230 Å². The van der Waals surface area contributed by atoms with Crippen LogP contribution in [0.5, 0.6) is 5.75 Å². The van der Waals surface area contributed by atoms with Gasteiger partial charge in [0.1, 0.15) is 5.75 Å². The number of rotatable bonds is 7. The lowest BCUT2D eigenvalue weighted by molar-refractivity contribution is -0.137. The van der Waals surface area contributed by atoms with Crippen LogP contribution in [0.1, 0.15) is 29.9 Å². The van der Waals surface area contributed by atoms with E-state index in [1.807, 2.05) is 18.2 Å². The Kier molecular flexibility index (Phi) is 7.66. The minimum absolute atomic E-state index is 0.0977. The molecule has 0 atom stereocenters. The maximum absolute atomic E-state index is 13.5. The fourth-order valence-corrected chi connectivity index (χ4v) is 5.09. The number of carbonyl (C=O) groups excluding carboxylic acids is 1. The predicted octanol–water partition coefficient (Wildman–Crippen LogP) is 5.43. The Bertz CT molecular complexity index is 1510. The van der Waals surface area contributed by atoms with Gasteiger partial charge in [0.15, 0.2) is 5.65 Å². The number of amides is 1. The first kappa shape index (κ1) is 27.4. The van der Waals surface area contributed by atoms with Gasteiger partial charge in [0, 0.05) is 37.1 Å². The molecule has 40 heavy (non-hydrogen) atoms. The van der Waals surface area contributed by atoms with Gasteiger partial charge < -0.3 is 15.0 Å². The average molecular weight is 553 g/mol. The SMILES string of the molecule is COc1ccc(C(F)(F)F)cc1-c1cccn2nc(Nc3ccccc3C3CCN(CC(=O)N(C)C)CC3)nc12. The number of likely N-dealkylation sites (tertiary alicyclic amines) is 1. The number of hydrogen-bond donors (Lipinski definition) is 1. The van der Waals surface area contributed by atoms with Crippen molar-refractivity contribution in [1.29, 1.82) is 0 Å². The molecule has 11 heteroatoms. The van der Waals surface area contributed by atoms with Gasteiger partial charge >= 0.3 is 6.18 Å². The molecule has 4 aromatic rings. The number of anilines is 2. The minimum atomic E-state index is -4.49. The second-order valence-corrected chi connectivity index (χ2v) is 10.1. The van der Waals surface area contributed by atoms with Crippen LogP contribution in [0.2, 0.25) is 0 Å². The van der Waals surface area contributed by atoms with Gasteiger partial charge in [-0.15, -0.1) is 5.10 Å². The van der Waals surface area contributed by atoms with Crippen molar-refractivity contribution in [1.82, 2.24) is 24.4 Å². The van der Waals surface area contributed by atoms with E-state index in [2.05, 4.69) is 26.4 Å². The Morgan fingerprint density at radius 2 is 1.82 bits per heavy atom. The Morgan fingerprint density at radius 3 is 2.52 bits per heavy atom.